The first-order valence-corrected chi connectivity index (χ1v) is 9.95. The number of carbonyl (C=O) groups excluding carboxylic acids is 1. The monoisotopic (exact) mass is 470 g/mol. The fourth-order valence-electron chi connectivity index (χ4n) is 2.46. The lowest BCUT2D eigenvalue weighted by Crippen LogP contribution is -2.23. The highest BCUT2D eigenvalue weighted by Gasteiger charge is 2.30. The van der Waals surface area contributed by atoms with Crippen molar-refractivity contribution in [2.75, 3.05) is 13.7 Å². The van der Waals surface area contributed by atoms with Gasteiger partial charge in [-0.05, 0) is 60.3 Å². The van der Waals surface area contributed by atoms with Gasteiger partial charge in [-0.25, -0.2) is 9.79 Å². The first kappa shape index (κ1) is 20.7. The van der Waals surface area contributed by atoms with E-state index in [1.165, 1.54) is 28.8 Å². The lowest BCUT2D eigenvalue weighted by Gasteiger charge is -2.08. The van der Waals surface area contributed by atoms with Crippen LogP contribution in [0.3, 0.4) is 0 Å². The molecule has 2 aromatic carbocycles. The Morgan fingerprint density at radius 3 is 2.72 bits per heavy atom. The van der Waals surface area contributed by atoms with Gasteiger partial charge in [0.2, 0.25) is 0 Å². The minimum Gasteiger partial charge on any atom is -0.480 e. The van der Waals surface area contributed by atoms with Gasteiger partial charge in [-0.2, -0.15) is 0 Å². The number of halogens is 1. The molecule has 146 valence electrons. The van der Waals surface area contributed by atoms with Crippen molar-refractivity contribution in [1.29, 1.82) is 0 Å². The second-order valence-corrected chi connectivity index (χ2v) is 7.82. The smallest absolute Gasteiger partial charge is 0.335 e. The van der Waals surface area contributed by atoms with Crippen molar-refractivity contribution < 1.29 is 19.4 Å². The van der Waals surface area contributed by atoms with Crippen LogP contribution in [0.1, 0.15) is 15.9 Å². The Bertz CT molecular complexity index is 1070. The summed E-state index contributed by atoms with van der Waals surface area (Å²) in [5.74, 6) is 1.79. The molecule has 1 aliphatic rings. The molecule has 3 rings (SSSR count). The molecule has 0 aromatic heterocycles. The summed E-state index contributed by atoms with van der Waals surface area (Å²) >= 11 is 4.65. The molecule has 1 aliphatic heterocycles. The Kier molecular flexibility index (Phi) is 6.42. The molecule has 0 radical (unpaired) electrons. The van der Waals surface area contributed by atoms with E-state index in [9.17, 15) is 9.59 Å². The van der Waals surface area contributed by atoms with E-state index in [4.69, 9.17) is 16.3 Å². The quantitative estimate of drug-likeness (QED) is 0.517. The Hall–Kier alpha value is -3.02. The van der Waals surface area contributed by atoms with Crippen molar-refractivity contribution in [3.63, 3.8) is 0 Å². The van der Waals surface area contributed by atoms with Crippen LogP contribution >= 0.6 is 27.7 Å². The van der Waals surface area contributed by atoms with E-state index in [0.29, 0.717) is 27.1 Å². The van der Waals surface area contributed by atoms with Crippen molar-refractivity contribution in [3.05, 3.63) is 63.0 Å². The van der Waals surface area contributed by atoms with Gasteiger partial charge in [-0.15, -0.1) is 6.42 Å². The standard InChI is InChI=1S/C21H15BrN2O4S/c1-3-10-28-17-9-6-15(22)11-14(17)12-18-19(25)24(2)21(29-18)23-16-7-4-13(5-8-16)20(26)27/h1,4-9,11-12H,10H2,2H3,(H,26,27). The predicted molar refractivity (Wildman–Crippen MR) is 117 cm³/mol. The summed E-state index contributed by atoms with van der Waals surface area (Å²) in [7, 11) is 1.64. The SMILES string of the molecule is C#CCOc1ccc(Br)cc1C=C1SC(=Nc2ccc(C(=O)O)cc2)N(C)C1=O. The zero-order chi connectivity index (χ0) is 21.0. The second-order valence-electron chi connectivity index (χ2n) is 5.90. The minimum atomic E-state index is -1.01. The molecule has 1 amide bonds. The van der Waals surface area contributed by atoms with Crippen LogP contribution in [0.15, 0.2) is 56.8 Å². The highest BCUT2D eigenvalue weighted by Crippen LogP contribution is 2.35. The Morgan fingerprint density at radius 1 is 1.34 bits per heavy atom. The number of likely N-dealkylation sites (N-methyl/N-ethyl adjacent to an activating group) is 1. The van der Waals surface area contributed by atoms with Gasteiger partial charge in [0, 0.05) is 17.1 Å². The fraction of sp³-hybridized carbons (Fsp3) is 0.0952. The van der Waals surface area contributed by atoms with E-state index >= 15 is 0 Å². The maximum Gasteiger partial charge on any atom is 0.335 e. The van der Waals surface area contributed by atoms with E-state index in [1.807, 2.05) is 12.1 Å². The number of rotatable bonds is 5. The predicted octanol–water partition coefficient (Wildman–Crippen LogP) is 4.39. The summed E-state index contributed by atoms with van der Waals surface area (Å²) in [4.78, 5) is 30.0. The Labute approximate surface area is 180 Å². The molecule has 1 fully saturated rings. The van der Waals surface area contributed by atoms with E-state index in [1.54, 1.807) is 31.3 Å². The van der Waals surface area contributed by atoms with Crippen LogP contribution in [0, 0.1) is 12.3 Å². The summed E-state index contributed by atoms with van der Waals surface area (Å²) in [6.07, 6.45) is 7.00. The Balaban J connectivity index is 1.90. The molecule has 0 spiro atoms. The number of amides is 1. The van der Waals surface area contributed by atoms with Crippen molar-refractivity contribution >= 4 is 56.5 Å². The molecule has 1 saturated heterocycles. The number of carboxylic acids is 1. The highest BCUT2D eigenvalue weighted by molar-refractivity contribution is 9.10. The number of hydrogen-bond acceptors (Lipinski definition) is 5. The second kappa shape index (κ2) is 8.99. The number of aliphatic imine (C=N–C) groups is 1. The van der Waals surface area contributed by atoms with Crippen molar-refractivity contribution in [1.82, 2.24) is 4.90 Å². The molecule has 1 N–H and O–H groups in total. The minimum absolute atomic E-state index is 0.123. The van der Waals surface area contributed by atoms with Crippen LogP contribution in [-0.4, -0.2) is 40.7 Å². The average molecular weight is 471 g/mol. The molecule has 6 nitrogen and oxygen atoms in total. The van der Waals surface area contributed by atoms with Crippen molar-refractivity contribution in [2.24, 2.45) is 4.99 Å². The molecule has 2 aromatic rings. The largest absolute Gasteiger partial charge is 0.480 e. The van der Waals surface area contributed by atoms with Gasteiger partial charge in [0.25, 0.3) is 5.91 Å². The number of nitrogens with zero attached hydrogens (tertiary/aromatic N) is 2. The van der Waals surface area contributed by atoms with Crippen molar-refractivity contribution in [3.8, 4) is 18.1 Å². The number of carbonyl (C=O) groups is 2. The van der Waals surface area contributed by atoms with Crippen LogP contribution in [-0.2, 0) is 4.79 Å². The lowest BCUT2D eigenvalue weighted by atomic mass is 10.2. The molecule has 0 aliphatic carbocycles. The summed E-state index contributed by atoms with van der Waals surface area (Å²) in [6.45, 7) is 0.123. The Morgan fingerprint density at radius 2 is 2.07 bits per heavy atom. The van der Waals surface area contributed by atoms with Gasteiger partial charge in [-0.3, -0.25) is 9.69 Å². The number of terminal acetylenes is 1. The number of ether oxygens (including phenoxy) is 1. The van der Waals surface area contributed by atoms with Gasteiger partial charge in [0.05, 0.1) is 16.2 Å². The molecule has 29 heavy (non-hydrogen) atoms. The number of carboxylic acid groups (broad SMARTS) is 1. The van der Waals surface area contributed by atoms with E-state index < -0.39 is 5.97 Å². The molecule has 1 heterocycles. The molecule has 0 atom stereocenters. The third-order valence-electron chi connectivity index (χ3n) is 3.91. The first-order valence-electron chi connectivity index (χ1n) is 8.34. The summed E-state index contributed by atoms with van der Waals surface area (Å²) in [5.41, 5.74) is 1.44. The van der Waals surface area contributed by atoms with Crippen LogP contribution < -0.4 is 4.74 Å². The van der Waals surface area contributed by atoms with Crippen molar-refractivity contribution in [2.45, 2.75) is 0 Å². The van der Waals surface area contributed by atoms with Crippen LogP contribution in [0.5, 0.6) is 5.75 Å². The molecule has 0 bridgehead atoms. The zero-order valence-corrected chi connectivity index (χ0v) is 17.7. The van der Waals surface area contributed by atoms with E-state index in [2.05, 4.69) is 26.8 Å². The van der Waals surface area contributed by atoms with Crippen LogP contribution in [0.2, 0.25) is 0 Å². The third-order valence-corrected chi connectivity index (χ3v) is 5.47. The molecule has 0 unspecified atom stereocenters. The fourth-order valence-corrected chi connectivity index (χ4v) is 3.82. The van der Waals surface area contributed by atoms with Gasteiger partial charge in [-0.1, -0.05) is 21.9 Å². The number of benzene rings is 2. The van der Waals surface area contributed by atoms with Gasteiger partial charge < -0.3 is 9.84 Å². The molecule has 8 heteroatoms. The maximum atomic E-state index is 12.7. The van der Waals surface area contributed by atoms with Crippen LogP contribution in [0.25, 0.3) is 6.08 Å². The summed E-state index contributed by atoms with van der Waals surface area (Å²) < 4.78 is 6.39. The van der Waals surface area contributed by atoms with Crippen LogP contribution in [0.4, 0.5) is 5.69 Å². The van der Waals surface area contributed by atoms with Gasteiger partial charge >= 0.3 is 5.97 Å². The third kappa shape index (κ3) is 4.88. The maximum absolute atomic E-state index is 12.7. The molecular formula is C21H15BrN2O4S. The average Bonchev–Trinajstić information content (AvgIpc) is 2.95. The number of thioether (sulfide) groups is 1. The normalized spacial score (nSPS) is 16.3. The topological polar surface area (TPSA) is 79.2 Å². The lowest BCUT2D eigenvalue weighted by molar-refractivity contribution is -0.121. The summed E-state index contributed by atoms with van der Waals surface area (Å²) in [5, 5.41) is 9.47. The number of aromatic carboxylic acids is 1. The first-order chi connectivity index (χ1) is 13.9. The van der Waals surface area contributed by atoms with E-state index in [-0.39, 0.29) is 18.1 Å². The van der Waals surface area contributed by atoms with E-state index in [0.717, 1.165) is 4.47 Å². The number of amidine groups is 1. The molecule has 0 saturated carbocycles. The van der Waals surface area contributed by atoms with Gasteiger partial charge in [0.1, 0.15) is 12.4 Å². The number of hydrogen-bond donors (Lipinski definition) is 1. The highest BCUT2D eigenvalue weighted by atomic mass is 79.9. The van der Waals surface area contributed by atoms with Gasteiger partial charge in [0.15, 0.2) is 5.17 Å². The zero-order valence-electron chi connectivity index (χ0n) is 15.3. The molecular weight excluding hydrogens is 456 g/mol. The summed E-state index contributed by atoms with van der Waals surface area (Å²) in [6, 6.07) is 11.6.